The topological polar surface area (TPSA) is 19.6 Å². The first kappa shape index (κ1) is 44.5. The molecule has 6 aromatic rings. The highest BCUT2D eigenvalue weighted by atomic mass is 16.3. The summed E-state index contributed by atoms with van der Waals surface area (Å²) in [6.45, 7) is 36.6. The minimum absolute atomic E-state index is 0.00507. The maximum atomic E-state index is 7.53. The summed E-state index contributed by atoms with van der Waals surface area (Å²) in [6, 6.07) is 35.1. The van der Waals surface area contributed by atoms with Crippen molar-refractivity contribution in [1.29, 1.82) is 0 Å². The molecule has 3 nitrogen and oxygen atoms in total. The molecule has 352 valence electrons. The minimum Gasteiger partial charge on any atom is -0.468 e. The molecule has 2 saturated carbocycles. The number of furan rings is 1. The summed E-state index contributed by atoms with van der Waals surface area (Å²) in [4.78, 5) is 5.63. The van der Waals surface area contributed by atoms with Crippen LogP contribution in [0.4, 0.5) is 28.4 Å². The van der Waals surface area contributed by atoms with Crippen molar-refractivity contribution in [1.82, 2.24) is 0 Å². The lowest BCUT2D eigenvalue weighted by Gasteiger charge is -2.53. The summed E-state index contributed by atoms with van der Waals surface area (Å²) < 4.78 is 7.53. The first-order valence-electron chi connectivity index (χ1n) is 26.7. The number of hydrogen-bond acceptors (Lipinski definition) is 3. The molecular formula is C64H77BN2O. The van der Waals surface area contributed by atoms with E-state index in [1.54, 1.807) is 16.7 Å². The van der Waals surface area contributed by atoms with Crippen LogP contribution in [0.25, 0.3) is 11.0 Å². The smallest absolute Gasteiger partial charge is 0.297 e. The minimum atomic E-state index is -0.0891. The Morgan fingerprint density at radius 3 is 1.91 bits per heavy atom. The second kappa shape index (κ2) is 14.0. The van der Waals surface area contributed by atoms with Crippen molar-refractivity contribution in [2.75, 3.05) is 9.80 Å². The molecule has 0 radical (unpaired) electrons. The summed E-state index contributed by atoms with van der Waals surface area (Å²) in [6.07, 6.45) is 9.97. The average Bonchev–Trinajstić information content (AvgIpc) is 3.83. The Morgan fingerprint density at radius 2 is 1.24 bits per heavy atom. The van der Waals surface area contributed by atoms with Crippen LogP contribution in [-0.4, -0.2) is 12.3 Å². The lowest BCUT2D eigenvalue weighted by molar-refractivity contribution is 0.0923. The predicted octanol–water partition coefficient (Wildman–Crippen LogP) is 15.8. The lowest BCUT2D eigenvalue weighted by atomic mass is 9.35. The fraction of sp³-hybridized carbons (Fsp3) is 0.500. The van der Waals surface area contributed by atoms with Crippen molar-refractivity contribution in [3.8, 4) is 0 Å². The fourth-order valence-electron chi connectivity index (χ4n) is 15.3. The van der Waals surface area contributed by atoms with Crippen LogP contribution in [0.3, 0.4) is 0 Å². The van der Waals surface area contributed by atoms with Gasteiger partial charge >= 0.3 is 0 Å². The zero-order valence-electron chi connectivity index (χ0n) is 44.3. The van der Waals surface area contributed by atoms with E-state index in [0.29, 0.717) is 5.92 Å². The van der Waals surface area contributed by atoms with E-state index in [4.69, 9.17) is 4.42 Å². The predicted molar refractivity (Wildman–Crippen MR) is 291 cm³/mol. The van der Waals surface area contributed by atoms with Gasteiger partial charge < -0.3 is 14.2 Å². The normalized spacial score (nSPS) is 27.0. The van der Waals surface area contributed by atoms with E-state index in [9.17, 15) is 0 Å². The Kier molecular flexibility index (Phi) is 9.17. The molecule has 4 heteroatoms. The quantitative estimate of drug-likeness (QED) is 0.165. The fourth-order valence-corrected chi connectivity index (χ4v) is 15.3. The van der Waals surface area contributed by atoms with Gasteiger partial charge in [0.15, 0.2) is 0 Å². The van der Waals surface area contributed by atoms with E-state index in [1.807, 2.05) is 0 Å². The number of anilines is 5. The maximum Gasteiger partial charge on any atom is 0.297 e. The van der Waals surface area contributed by atoms with Gasteiger partial charge in [-0.25, -0.2) is 0 Å². The largest absolute Gasteiger partial charge is 0.468 e. The van der Waals surface area contributed by atoms with Gasteiger partial charge in [-0.2, -0.15) is 0 Å². The Hall–Kier alpha value is -4.70. The van der Waals surface area contributed by atoms with Crippen molar-refractivity contribution in [2.24, 2.45) is 5.41 Å². The van der Waals surface area contributed by atoms with Crippen LogP contribution in [0.5, 0.6) is 0 Å². The van der Waals surface area contributed by atoms with E-state index in [2.05, 4.69) is 199 Å². The van der Waals surface area contributed by atoms with Crippen LogP contribution in [0.2, 0.25) is 0 Å². The molecule has 0 N–H and O–H groups in total. The van der Waals surface area contributed by atoms with Crippen molar-refractivity contribution >= 4 is 62.7 Å². The number of fused-ring (bicyclic) bond motifs is 12. The number of benzene rings is 5. The zero-order valence-corrected chi connectivity index (χ0v) is 44.3. The second-order valence-electron chi connectivity index (χ2n) is 27.1. The monoisotopic (exact) mass is 901 g/mol. The van der Waals surface area contributed by atoms with E-state index >= 15 is 0 Å². The van der Waals surface area contributed by atoms with Gasteiger partial charge in [0, 0.05) is 39.5 Å². The van der Waals surface area contributed by atoms with Gasteiger partial charge in [0.05, 0.1) is 16.9 Å². The molecule has 6 aliphatic rings. The molecule has 5 atom stereocenters. The van der Waals surface area contributed by atoms with Crippen LogP contribution in [0, 0.1) is 5.41 Å². The Bertz CT molecular complexity index is 3090. The van der Waals surface area contributed by atoms with Gasteiger partial charge in [0.1, 0.15) is 5.58 Å². The van der Waals surface area contributed by atoms with Gasteiger partial charge in [-0.3, -0.25) is 0 Å². The summed E-state index contributed by atoms with van der Waals surface area (Å²) in [7, 11) is 0. The molecule has 0 bridgehead atoms. The van der Waals surface area contributed by atoms with Crippen molar-refractivity contribution in [3.05, 3.63) is 129 Å². The first-order valence-corrected chi connectivity index (χ1v) is 26.7. The third kappa shape index (κ3) is 5.73. The van der Waals surface area contributed by atoms with Crippen molar-refractivity contribution in [3.63, 3.8) is 0 Å². The Morgan fingerprint density at radius 1 is 0.603 bits per heavy atom. The van der Waals surface area contributed by atoms with Crippen LogP contribution in [-0.2, 0) is 27.1 Å². The molecule has 12 rings (SSSR count). The van der Waals surface area contributed by atoms with Gasteiger partial charge in [-0.15, -0.1) is 0 Å². The van der Waals surface area contributed by atoms with Gasteiger partial charge in [0.25, 0.3) is 6.71 Å². The van der Waals surface area contributed by atoms with E-state index < -0.39 is 0 Å². The molecule has 1 aromatic heterocycles. The SMILES string of the molecule is CC(C)c1ccc2c(c1)C1(C)CCCCC1(C)C2c1cc2c3c(c1)N1c4c(cc(C(C)(C)C)cc4C4(C)CCCCC14C)B3c1oc3ccc(C(C)(C)C)cc3c1N2c1ccc(C(C)(C)C)cc1. The third-order valence-corrected chi connectivity index (χ3v) is 19.9. The summed E-state index contributed by atoms with van der Waals surface area (Å²) in [5.74, 6) is 0.758. The molecule has 5 aromatic carbocycles. The molecule has 5 unspecified atom stereocenters. The Labute approximate surface area is 409 Å². The third-order valence-electron chi connectivity index (χ3n) is 19.9. The van der Waals surface area contributed by atoms with Gasteiger partial charge in [-0.1, -0.05) is 171 Å². The van der Waals surface area contributed by atoms with E-state index in [-0.39, 0.29) is 50.7 Å². The Balaban J connectivity index is 1.24. The molecule has 68 heavy (non-hydrogen) atoms. The molecule has 0 saturated heterocycles. The standard InChI is InChI=1S/C64H77BN2O/c1-38(2)39-20-26-45-47(32-39)61(12)28-16-17-30-63(61,14)53(45)40-33-50-54-51(34-40)67-56-48(62(13)29-18-19-31-64(62,67)15)36-43(60(9,10)11)37-49(56)65(54)57-55(46-35-42(59(6,7)8)23-27-52(46)68-57)66(50)44-24-21-41(22-25-44)58(3,4)5/h20-27,32-38,53H,16-19,28-31H2,1-15H3. The van der Waals surface area contributed by atoms with E-state index in [1.165, 1.54) is 124 Å². The van der Waals surface area contributed by atoms with Crippen molar-refractivity contribution in [2.45, 2.75) is 200 Å². The molecular weight excluding hydrogens is 824 g/mol. The van der Waals surface area contributed by atoms with Gasteiger partial charge in [0.2, 0.25) is 0 Å². The highest BCUT2D eigenvalue weighted by Gasteiger charge is 2.63. The number of nitrogens with zero attached hydrogens (tertiary/aromatic N) is 2. The summed E-state index contributed by atoms with van der Waals surface area (Å²) in [5, 5.41) is 1.21. The van der Waals surface area contributed by atoms with Crippen LogP contribution >= 0.6 is 0 Å². The highest BCUT2D eigenvalue weighted by Crippen LogP contribution is 2.68. The number of rotatable bonds is 3. The van der Waals surface area contributed by atoms with Crippen LogP contribution in [0.15, 0.2) is 89.3 Å². The molecule has 3 aliphatic carbocycles. The van der Waals surface area contributed by atoms with Gasteiger partial charge in [-0.05, 0) is 157 Å². The maximum absolute atomic E-state index is 7.53. The number of hydrogen-bond donors (Lipinski definition) is 0. The van der Waals surface area contributed by atoms with Crippen LogP contribution in [0.1, 0.15) is 212 Å². The molecule has 2 fully saturated rings. The first-order chi connectivity index (χ1) is 31.9. The molecule has 0 spiro atoms. The van der Waals surface area contributed by atoms with Crippen molar-refractivity contribution < 1.29 is 4.42 Å². The second-order valence-corrected chi connectivity index (χ2v) is 27.1. The molecule has 3 aliphatic heterocycles. The molecule has 0 amide bonds. The summed E-state index contributed by atoms with van der Waals surface area (Å²) in [5.41, 5.74) is 23.4. The summed E-state index contributed by atoms with van der Waals surface area (Å²) >= 11 is 0. The highest BCUT2D eigenvalue weighted by molar-refractivity contribution is 7.00. The van der Waals surface area contributed by atoms with E-state index in [0.717, 1.165) is 11.2 Å². The average molecular weight is 901 g/mol. The zero-order chi connectivity index (χ0) is 48.0. The van der Waals surface area contributed by atoms with Crippen LogP contribution < -0.4 is 26.4 Å². The molecule has 4 heterocycles. The lowest BCUT2D eigenvalue weighted by Crippen LogP contribution is -2.64.